The number of quaternary nitrogens is 2. The van der Waals surface area contributed by atoms with E-state index in [-0.39, 0.29) is 0 Å². The topological polar surface area (TPSA) is 0 Å². The minimum atomic E-state index is 0.925. The average molecular weight is 653 g/mol. The van der Waals surface area contributed by atoms with Crippen molar-refractivity contribution in [3.05, 3.63) is 0 Å². The summed E-state index contributed by atoms with van der Waals surface area (Å²) in [4.78, 5) is 0. The van der Waals surface area contributed by atoms with Gasteiger partial charge in [-0.15, -0.1) is 0 Å². The van der Waals surface area contributed by atoms with E-state index in [0.717, 1.165) is 5.92 Å². The van der Waals surface area contributed by atoms with Gasteiger partial charge in [0, 0.05) is 0 Å². The zero-order chi connectivity index (χ0) is 34.6. The minimum Gasteiger partial charge on any atom is -0.324 e. The number of hydrogen-bond acceptors (Lipinski definition) is 0. The first-order chi connectivity index (χ1) is 22.4. The van der Waals surface area contributed by atoms with E-state index in [4.69, 9.17) is 0 Å². The van der Waals surface area contributed by atoms with E-state index in [1.807, 2.05) is 0 Å². The third-order valence-electron chi connectivity index (χ3n) is 11.2. The molecule has 0 radical (unpaired) electrons. The van der Waals surface area contributed by atoms with Gasteiger partial charge in [-0.1, -0.05) is 146 Å². The number of nitrogens with zero attached hydrogens (tertiary/aromatic N) is 2. The Morgan fingerprint density at radius 1 is 0.283 bits per heavy atom. The van der Waals surface area contributed by atoms with Crippen LogP contribution in [0.1, 0.15) is 229 Å². The molecular weight excluding hydrogens is 556 g/mol. The van der Waals surface area contributed by atoms with Crippen LogP contribution in [-0.4, -0.2) is 61.3 Å². The molecule has 2 nitrogen and oxygen atoms in total. The van der Waals surface area contributed by atoms with E-state index in [2.05, 4.69) is 62.3 Å². The summed E-state index contributed by atoms with van der Waals surface area (Å²) in [5.74, 6) is 0.925. The Labute approximate surface area is 295 Å². The van der Waals surface area contributed by atoms with Gasteiger partial charge < -0.3 is 8.97 Å². The minimum absolute atomic E-state index is 0.925. The summed E-state index contributed by atoms with van der Waals surface area (Å²) in [6.45, 7) is 32.7. The van der Waals surface area contributed by atoms with Gasteiger partial charge in [0.25, 0.3) is 0 Å². The molecule has 0 aromatic carbocycles. The maximum Gasteiger partial charge on any atom is 0.0786 e. The Balaban J connectivity index is 0. The molecule has 0 aromatic rings. The number of unbranched alkanes of at least 4 members (excludes halogenated alkanes) is 16. The Morgan fingerprint density at radius 3 is 0.761 bits per heavy atom. The monoisotopic (exact) mass is 653 g/mol. The summed E-state index contributed by atoms with van der Waals surface area (Å²) < 4.78 is 2.89. The highest BCUT2D eigenvalue weighted by atomic mass is 15.4. The highest BCUT2D eigenvalue weighted by Gasteiger charge is 2.26. The van der Waals surface area contributed by atoms with Crippen LogP contribution in [0, 0.1) is 5.92 Å². The van der Waals surface area contributed by atoms with E-state index in [9.17, 15) is 0 Å². The molecule has 0 N–H and O–H groups in total. The van der Waals surface area contributed by atoms with Crippen LogP contribution in [-0.2, 0) is 0 Å². The van der Waals surface area contributed by atoms with Crippen molar-refractivity contribution in [3.8, 4) is 0 Å². The third kappa shape index (κ3) is 28.9. The lowest BCUT2D eigenvalue weighted by Gasteiger charge is -2.39. The van der Waals surface area contributed by atoms with Crippen molar-refractivity contribution in [1.29, 1.82) is 0 Å². The molecule has 0 fully saturated rings. The zero-order valence-electron chi connectivity index (χ0n) is 34.5. The molecule has 0 saturated carbocycles. The van der Waals surface area contributed by atoms with Gasteiger partial charge in [-0.3, -0.25) is 0 Å². The van der Waals surface area contributed by atoms with E-state index < -0.39 is 0 Å². The predicted molar refractivity (Wildman–Crippen MR) is 214 cm³/mol. The molecule has 0 heterocycles. The van der Waals surface area contributed by atoms with E-state index in [1.54, 1.807) is 0 Å². The normalized spacial score (nSPS) is 12.7. The first-order valence-electron chi connectivity index (χ1n) is 22.1. The highest BCUT2D eigenvalue weighted by Crippen LogP contribution is 2.21. The molecule has 2 heteroatoms. The lowest BCUT2D eigenvalue weighted by Crippen LogP contribution is -2.50. The first kappa shape index (κ1) is 48.0. The molecule has 0 rings (SSSR count). The quantitative estimate of drug-likeness (QED) is 0.0472. The Bertz CT molecular complexity index is 483. The van der Waals surface area contributed by atoms with Crippen molar-refractivity contribution in [3.63, 3.8) is 0 Å². The SMILES string of the molecule is CCCCCC[N+](CCCCCC)(CCCCCC)CCCCCC.CCCC[N+](CCCC)(CCCC)CCCCC(C)CC. The van der Waals surface area contributed by atoms with Crippen LogP contribution in [0.2, 0.25) is 0 Å². The highest BCUT2D eigenvalue weighted by molar-refractivity contribution is 4.55. The van der Waals surface area contributed by atoms with E-state index in [1.165, 1.54) is 228 Å². The average Bonchev–Trinajstić information content (AvgIpc) is 3.08. The fourth-order valence-corrected chi connectivity index (χ4v) is 7.46. The van der Waals surface area contributed by atoms with Crippen LogP contribution < -0.4 is 0 Å². The predicted octanol–water partition coefficient (Wildman–Crippen LogP) is 14.5. The molecule has 0 aromatic heterocycles. The van der Waals surface area contributed by atoms with E-state index >= 15 is 0 Å². The molecule has 46 heavy (non-hydrogen) atoms. The fourth-order valence-electron chi connectivity index (χ4n) is 7.46. The van der Waals surface area contributed by atoms with Gasteiger partial charge in [-0.05, 0) is 89.4 Å². The van der Waals surface area contributed by atoms with Gasteiger partial charge in [0.1, 0.15) is 0 Å². The Hall–Kier alpha value is -0.0800. The van der Waals surface area contributed by atoms with Crippen LogP contribution in [0.5, 0.6) is 0 Å². The lowest BCUT2D eigenvalue weighted by atomic mass is 10.0. The van der Waals surface area contributed by atoms with Gasteiger partial charge in [0.15, 0.2) is 0 Å². The van der Waals surface area contributed by atoms with Crippen LogP contribution >= 0.6 is 0 Å². The molecule has 0 aliphatic carbocycles. The molecule has 0 amide bonds. The van der Waals surface area contributed by atoms with Crippen LogP contribution in [0.25, 0.3) is 0 Å². The van der Waals surface area contributed by atoms with E-state index in [0.29, 0.717) is 0 Å². The summed E-state index contributed by atoms with van der Waals surface area (Å²) in [5.41, 5.74) is 0. The molecule has 1 atom stereocenters. The second kappa shape index (κ2) is 36.2. The molecule has 0 aliphatic heterocycles. The van der Waals surface area contributed by atoms with Crippen molar-refractivity contribution in [2.24, 2.45) is 5.92 Å². The second-order valence-electron chi connectivity index (χ2n) is 15.8. The molecule has 0 saturated heterocycles. The van der Waals surface area contributed by atoms with Gasteiger partial charge in [0.05, 0.1) is 52.4 Å². The zero-order valence-corrected chi connectivity index (χ0v) is 34.5. The van der Waals surface area contributed by atoms with Gasteiger partial charge in [-0.25, -0.2) is 0 Å². The summed E-state index contributed by atoms with van der Waals surface area (Å²) >= 11 is 0. The number of rotatable bonds is 35. The number of hydrogen-bond donors (Lipinski definition) is 0. The Kier molecular flexibility index (Phi) is 37.8. The third-order valence-corrected chi connectivity index (χ3v) is 11.2. The molecule has 0 bridgehead atoms. The maximum absolute atomic E-state index is 2.41. The molecular formula is C44H96N2+2. The molecule has 0 aliphatic rings. The van der Waals surface area contributed by atoms with Gasteiger partial charge >= 0.3 is 0 Å². The van der Waals surface area contributed by atoms with Gasteiger partial charge in [0.2, 0.25) is 0 Å². The summed E-state index contributed by atoms with van der Waals surface area (Å²) in [7, 11) is 0. The fraction of sp³-hybridized carbons (Fsp3) is 1.00. The molecule has 280 valence electrons. The van der Waals surface area contributed by atoms with Crippen LogP contribution in [0.15, 0.2) is 0 Å². The summed E-state index contributed by atoms with van der Waals surface area (Å²) in [6, 6.07) is 0. The largest absolute Gasteiger partial charge is 0.324 e. The van der Waals surface area contributed by atoms with Crippen molar-refractivity contribution >= 4 is 0 Å². The van der Waals surface area contributed by atoms with Crippen molar-refractivity contribution in [1.82, 2.24) is 0 Å². The van der Waals surface area contributed by atoms with Crippen molar-refractivity contribution in [2.45, 2.75) is 229 Å². The van der Waals surface area contributed by atoms with Crippen LogP contribution in [0.3, 0.4) is 0 Å². The lowest BCUT2D eigenvalue weighted by molar-refractivity contribution is -0.929. The first-order valence-corrected chi connectivity index (χ1v) is 22.1. The summed E-state index contributed by atoms with van der Waals surface area (Å²) in [6.07, 6.45) is 36.8. The van der Waals surface area contributed by atoms with Crippen molar-refractivity contribution < 1.29 is 8.97 Å². The smallest absolute Gasteiger partial charge is 0.0786 e. The van der Waals surface area contributed by atoms with Crippen LogP contribution in [0.4, 0.5) is 0 Å². The summed E-state index contributed by atoms with van der Waals surface area (Å²) in [5, 5.41) is 0. The molecule has 0 spiro atoms. The standard InChI is InChI=1S/C24H52N.C20H44N/c1-5-9-13-17-21-25(22-18-14-10-6-2,23-19-15-11-7-3)24-20-16-12-8-4;1-6-10-16-21(17-11-7-2,18-12-8-3)19-14-13-15-20(5)9-4/h5-24H2,1-4H3;20H,6-19H2,1-5H3/q2*+1. The molecule has 1 unspecified atom stereocenters. The Morgan fingerprint density at radius 2 is 0.522 bits per heavy atom. The second-order valence-corrected chi connectivity index (χ2v) is 15.8. The maximum atomic E-state index is 2.41. The van der Waals surface area contributed by atoms with Crippen molar-refractivity contribution in [2.75, 3.05) is 52.4 Å². The van der Waals surface area contributed by atoms with Gasteiger partial charge in [-0.2, -0.15) is 0 Å².